The zero-order valence-corrected chi connectivity index (χ0v) is 17.4. The van der Waals surface area contributed by atoms with Crippen LogP contribution >= 0.6 is 46.0 Å². The van der Waals surface area contributed by atoms with Crippen LogP contribution in [0.1, 0.15) is 5.56 Å². The van der Waals surface area contributed by atoms with Crippen molar-refractivity contribution >= 4 is 67.3 Å². The molecule has 4 aromatic rings. The van der Waals surface area contributed by atoms with E-state index in [1.807, 2.05) is 48.7 Å². The third-order valence-corrected chi connectivity index (χ3v) is 6.95. The van der Waals surface area contributed by atoms with Crippen LogP contribution in [0.4, 0.5) is 5.13 Å². The number of benzene rings is 2. The molecule has 0 atom stereocenters. The number of nitrogens with one attached hydrogen (secondary N) is 1. The molecule has 0 aliphatic carbocycles. The lowest BCUT2D eigenvalue weighted by Crippen LogP contribution is -2.13. The molecule has 27 heavy (non-hydrogen) atoms. The highest BCUT2D eigenvalue weighted by Crippen LogP contribution is 2.30. The van der Waals surface area contributed by atoms with Crippen LogP contribution in [-0.2, 0) is 4.79 Å². The molecular formula is C19H14ClN3OS3. The first kappa shape index (κ1) is 18.4. The number of rotatable bonds is 5. The second-order valence-electron chi connectivity index (χ2n) is 5.83. The Morgan fingerprint density at radius 2 is 2.00 bits per heavy atom. The van der Waals surface area contributed by atoms with E-state index in [4.69, 9.17) is 11.6 Å². The second-order valence-corrected chi connectivity index (χ2v) is 9.38. The average Bonchev–Trinajstić information content (AvgIpc) is 3.26. The summed E-state index contributed by atoms with van der Waals surface area (Å²) >= 11 is 10.4. The Morgan fingerprint density at radius 1 is 1.19 bits per heavy atom. The number of hydrogen-bond acceptors (Lipinski definition) is 6. The maximum absolute atomic E-state index is 12.2. The first-order chi connectivity index (χ1) is 13.1. The number of carbonyl (C=O) groups is 1. The minimum Gasteiger partial charge on any atom is -0.301 e. The zero-order valence-electron chi connectivity index (χ0n) is 14.2. The van der Waals surface area contributed by atoms with Gasteiger partial charge in [-0.2, -0.15) is 0 Å². The first-order valence-corrected chi connectivity index (χ1v) is 11.1. The van der Waals surface area contributed by atoms with Crippen LogP contribution in [0.25, 0.3) is 21.5 Å². The Balaban J connectivity index is 1.36. The third-order valence-electron chi connectivity index (χ3n) is 3.74. The average molecular weight is 432 g/mol. The van der Waals surface area contributed by atoms with Crippen molar-refractivity contribution in [2.75, 3.05) is 11.1 Å². The topological polar surface area (TPSA) is 54.9 Å². The standard InChI is InChI=1S/C19H14ClN3OS3/c1-11-2-7-14-16(8-11)27-18(21-14)23-17(24)10-26-19-22-15(9-25-19)12-3-5-13(20)6-4-12/h2-9H,10H2,1H3,(H,21,23,24). The molecule has 0 spiro atoms. The fourth-order valence-electron chi connectivity index (χ4n) is 2.44. The molecule has 4 rings (SSSR count). The normalized spacial score (nSPS) is 11.0. The molecule has 0 fully saturated rings. The molecule has 2 heterocycles. The largest absolute Gasteiger partial charge is 0.301 e. The van der Waals surface area contributed by atoms with E-state index in [2.05, 4.69) is 21.4 Å². The number of hydrogen-bond donors (Lipinski definition) is 1. The molecule has 2 aromatic carbocycles. The van der Waals surface area contributed by atoms with Gasteiger partial charge in [0.2, 0.25) is 5.91 Å². The van der Waals surface area contributed by atoms with E-state index in [1.54, 1.807) is 0 Å². The van der Waals surface area contributed by atoms with Crippen molar-refractivity contribution in [3.63, 3.8) is 0 Å². The number of aromatic nitrogens is 2. The Kier molecular flexibility index (Phi) is 5.45. The van der Waals surface area contributed by atoms with Gasteiger partial charge in [0.25, 0.3) is 0 Å². The number of thiazole rings is 2. The van der Waals surface area contributed by atoms with Crippen molar-refractivity contribution < 1.29 is 4.79 Å². The molecule has 0 bridgehead atoms. The van der Waals surface area contributed by atoms with Crippen molar-refractivity contribution in [2.45, 2.75) is 11.3 Å². The molecule has 1 amide bonds. The Bertz CT molecular complexity index is 1110. The molecule has 0 radical (unpaired) electrons. The predicted molar refractivity (Wildman–Crippen MR) is 116 cm³/mol. The summed E-state index contributed by atoms with van der Waals surface area (Å²) in [6.45, 7) is 2.04. The summed E-state index contributed by atoms with van der Waals surface area (Å²) in [6.07, 6.45) is 0. The molecule has 1 N–H and O–H groups in total. The maximum Gasteiger partial charge on any atom is 0.236 e. The molecule has 8 heteroatoms. The van der Waals surface area contributed by atoms with Crippen molar-refractivity contribution in [1.29, 1.82) is 0 Å². The van der Waals surface area contributed by atoms with Crippen molar-refractivity contribution in [3.8, 4) is 11.3 Å². The Labute approximate surface area is 173 Å². The van der Waals surface area contributed by atoms with Crippen molar-refractivity contribution in [3.05, 3.63) is 58.4 Å². The highest BCUT2D eigenvalue weighted by Gasteiger charge is 2.11. The summed E-state index contributed by atoms with van der Waals surface area (Å²) < 4.78 is 1.93. The SMILES string of the molecule is Cc1ccc2nc(NC(=O)CSc3nc(-c4ccc(Cl)cc4)cs3)sc2c1. The maximum atomic E-state index is 12.2. The van der Waals surface area contributed by atoms with Gasteiger partial charge >= 0.3 is 0 Å². The van der Waals surface area contributed by atoms with Crippen molar-refractivity contribution in [1.82, 2.24) is 9.97 Å². The van der Waals surface area contributed by atoms with E-state index in [1.165, 1.54) is 40.0 Å². The van der Waals surface area contributed by atoms with Crippen LogP contribution in [-0.4, -0.2) is 21.6 Å². The number of carbonyl (C=O) groups excluding carboxylic acids is 1. The number of anilines is 1. The smallest absolute Gasteiger partial charge is 0.236 e. The highest BCUT2D eigenvalue weighted by atomic mass is 35.5. The number of amides is 1. The lowest BCUT2D eigenvalue weighted by atomic mass is 10.2. The summed E-state index contributed by atoms with van der Waals surface area (Å²) in [5.41, 5.74) is 3.98. The Morgan fingerprint density at radius 3 is 2.81 bits per heavy atom. The zero-order chi connectivity index (χ0) is 18.8. The summed E-state index contributed by atoms with van der Waals surface area (Å²) in [4.78, 5) is 21.3. The van der Waals surface area contributed by atoms with E-state index < -0.39 is 0 Å². The number of nitrogens with zero attached hydrogens (tertiary/aromatic N) is 2. The molecular weight excluding hydrogens is 418 g/mol. The molecule has 2 aromatic heterocycles. The summed E-state index contributed by atoms with van der Waals surface area (Å²) in [5.74, 6) is 0.210. The van der Waals surface area contributed by atoms with Crippen LogP contribution in [0.3, 0.4) is 0 Å². The summed E-state index contributed by atoms with van der Waals surface area (Å²) in [6, 6.07) is 13.6. The lowest BCUT2D eigenvalue weighted by molar-refractivity contribution is -0.113. The summed E-state index contributed by atoms with van der Waals surface area (Å²) in [5, 5.41) is 6.19. The van der Waals surface area contributed by atoms with E-state index in [0.29, 0.717) is 15.9 Å². The van der Waals surface area contributed by atoms with Crippen LogP contribution in [0.2, 0.25) is 5.02 Å². The van der Waals surface area contributed by atoms with Gasteiger partial charge in [0.05, 0.1) is 21.7 Å². The van der Waals surface area contributed by atoms with E-state index in [9.17, 15) is 4.79 Å². The fraction of sp³-hybridized carbons (Fsp3) is 0.105. The van der Waals surface area contributed by atoms with Crippen LogP contribution < -0.4 is 5.32 Å². The molecule has 0 aliphatic rings. The van der Waals surface area contributed by atoms with Gasteiger partial charge in [-0.25, -0.2) is 9.97 Å². The number of aryl methyl sites for hydroxylation is 1. The van der Waals surface area contributed by atoms with Gasteiger partial charge in [-0.05, 0) is 36.8 Å². The van der Waals surface area contributed by atoms with Crippen LogP contribution in [0.5, 0.6) is 0 Å². The molecule has 0 saturated carbocycles. The van der Waals surface area contributed by atoms with Gasteiger partial charge in [-0.15, -0.1) is 11.3 Å². The van der Waals surface area contributed by atoms with Gasteiger partial charge in [0.15, 0.2) is 9.47 Å². The second kappa shape index (κ2) is 7.98. The minimum absolute atomic E-state index is 0.0842. The van der Waals surface area contributed by atoms with Crippen LogP contribution in [0, 0.1) is 6.92 Å². The van der Waals surface area contributed by atoms with Gasteiger partial charge < -0.3 is 5.32 Å². The number of fused-ring (bicyclic) bond motifs is 1. The molecule has 136 valence electrons. The molecule has 0 unspecified atom stereocenters. The van der Waals surface area contributed by atoms with Crippen molar-refractivity contribution in [2.24, 2.45) is 0 Å². The quantitative estimate of drug-likeness (QED) is 0.387. The van der Waals surface area contributed by atoms with E-state index in [0.717, 1.165) is 25.8 Å². The monoisotopic (exact) mass is 431 g/mol. The van der Waals surface area contributed by atoms with Gasteiger partial charge in [0, 0.05) is 16.0 Å². The predicted octanol–water partition coefficient (Wildman–Crippen LogP) is 6.11. The van der Waals surface area contributed by atoms with Gasteiger partial charge in [-0.1, -0.05) is 52.9 Å². The lowest BCUT2D eigenvalue weighted by Gasteiger charge is -1.99. The molecule has 0 saturated heterocycles. The highest BCUT2D eigenvalue weighted by molar-refractivity contribution is 8.01. The van der Waals surface area contributed by atoms with E-state index in [-0.39, 0.29) is 5.91 Å². The van der Waals surface area contributed by atoms with Gasteiger partial charge in [0.1, 0.15) is 0 Å². The summed E-state index contributed by atoms with van der Waals surface area (Å²) in [7, 11) is 0. The number of halogens is 1. The fourth-order valence-corrected chi connectivity index (χ4v) is 5.19. The Hall–Kier alpha value is -1.93. The number of thioether (sulfide) groups is 1. The first-order valence-electron chi connectivity index (χ1n) is 8.08. The minimum atomic E-state index is -0.0842. The third kappa shape index (κ3) is 4.50. The molecule has 4 nitrogen and oxygen atoms in total. The molecule has 0 aliphatic heterocycles. The van der Waals surface area contributed by atoms with Crippen LogP contribution in [0.15, 0.2) is 52.2 Å². The van der Waals surface area contributed by atoms with E-state index >= 15 is 0 Å². The van der Waals surface area contributed by atoms with Gasteiger partial charge in [-0.3, -0.25) is 4.79 Å².